The third-order valence-corrected chi connectivity index (χ3v) is 4.76. The van der Waals surface area contributed by atoms with Crippen LogP contribution in [0, 0.1) is 17.0 Å². The summed E-state index contributed by atoms with van der Waals surface area (Å²) in [6.07, 6.45) is 3.29. The molecule has 0 aliphatic carbocycles. The second-order valence-corrected chi connectivity index (χ2v) is 6.63. The number of para-hydroxylation sites is 1. The maximum atomic E-state index is 11.0. The van der Waals surface area contributed by atoms with Crippen molar-refractivity contribution < 1.29 is 4.92 Å². The first-order chi connectivity index (χ1) is 14.0. The first-order valence-corrected chi connectivity index (χ1v) is 8.88. The number of aryl methyl sites for hydroxylation is 1. The van der Waals surface area contributed by atoms with Crippen LogP contribution in [0.1, 0.15) is 24.5 Å². The minimum Gasteiger partial charge on any atom is -0.358 e. The maximum absolute atomic E-state index is 11.0. The fourth-order valence-electron chi connectivity index (χ4n) is 3.33. The third kappa shape index (κ3) is 2.63. The van der Waals surface area contributed by atoms with Crippen LogP contribution in [0.3, 0.4) is 0 Å². The number of hydrogen-bond donors (Lipinski definition) is 0. The zero-order valence-corrected chi connectivity index (χ0v) is 15.5. The van der Waals surface area contributed by atoms with Crippen molar-refractivity contribution in [1.82, 2.24) is 39.1 Å². The number of nitro groups is 1. The molecule has 11 nitrogen and oxygen atoms in total. The maximum Gasteiger partial charge on any atom is 0.390 e. The summed E-state index contributed by atoms with van der Waals surface area (Å²) in [6, 6.07) is 10.7. The highest BCUT2D eigenvalue weighted by Gasteiger charge is 2.24. The summed E-state index contributed by atoms with van der Waals surface area (Å²) in [5.41, 5.74) is 2.83. The quantitative estimate of drug-likeness (QED) is 0.342. The Morgan fingerprint density at radius 2 is 1.93 bits per heavy atom. The molecule has 144 valence electrons. The monoisotopic (exact) mass is 389 g/mol. The lowest BCUT2D eigenvalue weighted by molar-refractivity contribution is -0.389. The number of aromatic nitrogens is 8. The molecule has 0 radical (unpaired) electrons. The molecule has 5 aromatic rings. The number of benzene rings is 1. The Morgan fingerprint density at radius 1 is 1.14 bits per heavy atom. The highest BCUT2D eigenvalue weighted by atomic mass is 16.6. The van der Waals surface area contributed by atoms with Gasteiger partial charge in [0.15, 0.2) is 17.1 Å². The molecule has 0 bridgehead atoms. The van der Waals surface area contributed by atoms with Gasteiger partial charge in [0.25, 0.3) is 0 Å². The van der Waals surface area contributed by atoms with Gasteiger partial charge in [0, 0.05) is 0 Å². The molecule has 11 heteroatoms. The first kappa shape index (κ1) is 17.0. The number of fused-ring (bicyclic) bond motifs is 3. The Hall–Kier alpha value is -4.15. The Balaban J connectivity index is 1.61. The van der Waals surface area contributed by atoms with Gasteiger partial charge in [-0.25, -0.2) is 19.2 Å². The molecule has 0 N–H and O–H groups in total. The number of rotatable bonds is 4. The fraction of sp³-hybridized carbons (Fsp3) is 0.167. The van der Waals surface area contributed by atoms with Gasteiger partial charge in [-0.15, -0.1) is 5.10 Å². The van der Waals surface area contributed by atoms with E-state index in [2.05, 4.69) is 25.3 Å². The molecular weight excluding hydrogens is 374 g/mol. The van der Waals surface area contributed by atoms with Crippen molar-refractivity contribution >= 4 is 22.5 Å². The molecule has 0 aliphatic heterocycles. The molecule has 4 heterocycles. The van der Waals surface area contributed by atoms with E-state index in [1.807, 2.05) is 37.3 Å². The van der Waals surface area contributed by atoms with E-state index in [0.717, 1.165) is 11.1 Å². The number of nitrogens with zero attached hydrogens (tertiary/aromatic N) is 9. The van der Waals surface area contributed by atoms with Crippen LogP contribution >= 0.6 is 0 Å². The van der Waals surface area contributed by atoms with Gasteiger partial charge >= 0.3 is 5.82 Å². The predicted molar refractivity (Wildman–Crippen MR) is 103 cm³/mol. The molecule has 0 amide bonds. The Morgan fingerprint density at radius 3 is 2.66 bits per heavy atom. The molecule has 29 heavy (non-hydrogen) atoms. The molecule has 0 aliphatic rings. The SMILES string of the molecule is Cc1cc([N+](=O)[O-])nn1[C@H](C)c1nc2c3cnn(-c4ccccc4)c3ncn2n1. The summed E-state index contributed by atoms with van der Waals surface area (Å²) in [7, 11) is 0. The average molecular weight is 389 g/mol. The zero-order valence-electron chi connectivity index (χ0n) is 15.5. The molecule has 0 saturated carbocycles. The summed E-state index contributed by atoms with van der Waals surface area (Å²) >= 11 is 0. The van der Waals surface area contributed by atoms with Crippen molar-refractivity contribution in [3.05, 3.63) is 70.6 Å². The van der Waals surface area contributed by atoms with E-state index in [-0.39, 0.29) is 11.9 Å². The topological polar surface area (TPSA) is 122 Å². The van der Waals surface area contributed by atoms with Gasteiger partial charge < -0.3 is 10.1 Å². The van der Waals surface area contributed by atoms with Crippen LogP contribution in [-0.4, -0.2) is 44.1 Å². The highest BCUT2D eigenvalue weighted by Crippen LogP contribution is 2.23. The standard InChI is InChI=1S/C18H15N9O2/c1-11-8-15(27(28)29)22-25(11)12(2)16-21-18-14-9-20-26(13-6-4-3-5-7-13)17(14)19-10-24(18)23-16/h3-10,12H,1-2H3/t12-/m1/s1. The fourth-order valence-corrected chi connectivity index (χ4v) is 3.33. The van der Waals surface area contributed by atoms with Crippen LogP contribution in [0.2, 0.25) is 0 Å². The van der Waals surface area contributed by atoms with E-state index in [0.29, 0.717) is 22.8 Å². The summed E-state index contributed by atoms with van der Waals surface area (Å²) in [4.78, 5) is 19.6. The van der Waals surface area contributed by atoms with Crippen molar-refractivity contribution in [2.24, 2.45) is 0 Å². The molecular formula is C18H15N9O2. The normalized spacial score (nSPS) is 12.6. The van der Waals surface area contributed by atoms with E-state index >= 15 is 0 Å². The Bertz CT molecular complexity index is 1370. The van der Waals surface area contributed by atoms with Gasteiger partial charge in [0.05, 0.1) is 34.1 Å². The lowest BCUT2D eigenvalue weighted by atomic mass is 10.3. The van der Waals surface area contributed by atoms with E-state index in [9.17, 15) is 10.1 Å². The molecule has 1 aromatic carbocycles. The van der Waals surface area contributed by atoms with Gasteiger partial charge in [0.1, 0.15) is 12.4 Å². The highest BCUT2D eigenvalue weighted by molar-refractivity contribution is 5.89. The summed E-state index contributed by atoms with van der Waals surface area (Å²) in [5, 5.41) is 24.8. The molecule has 0 unspecified atom stereocenters. The van der Waals surface area contributed by atoms with E-state index in [1.165, 1.54) is 6.07 Å². The van der Waals surface area contributed by atoms with Crippen LogP contribution in [-0.2, 0) is 0 Å². The van der Waals surface area contributed by atoms with Crippen LogP contribution in [0.15, 0.2) is 48.9 Å². The molecule has 4 aromatic heterocycles. The van der Waals surface area contributed by atoms with E-state index in [1.54, 1.807) is 33.3 Å². The second-order valence-electron chi connectivity index (χ2n) is 6.63. The van der Waals surface area contributed by atoms with E-state index < -0.39 is 4.92 Å². The molecule has 0 saturated heterocycles. The molecule has 0 spiro atoms. The molecule has 0 fully saturated rings. The summed E-state index contributed by atoms with van der Waals surface area (Å²) in [6.45, 7) is 3.60. The third-order valence-electron chi connectivity index (χ3n) is 4.76. The van der Waals surface area contributed by atoms with Crippen LogP contribution in [0.5, 0.6) is 0 Å². The minimum absolute atomic E-state index is 0.202. The van der Waals surface area contributed by atoms with Crippen LogP contribution < -0.4 is 0 Å². The lowest BCUT2D eigenvalue weighted by Crippen LogP contribution is -2.12. The first-order valence-electron chi connectivity index (χ1n) is 8.88. The van der Waals surface area contributed by atoms with Crippen molar-refractivity contribution in [2.75, 3.05) is 0 Å². The van der Waals surface area contributed by atoms with Gasteiger partial charge in [-0.05, 0) is 30.9 Å². The average Bonchev–Trinajstić information content (AvgIpc) is 3.43. The smallest absolute Gasteiger partial charge is 0.358 e. The van der Waals surface area contributed by atoms with Gasteiger partial charge in [-0.2, -0.15) is 9.78 Å². The van der Waals surface area contributed by atoms with Crippen molar-refractivity contribution in [1.29, 1.82) is 0 Å². The van der Waals surface area contributed by atoms with Crippen molar-refractivity contribution in [3.63, 3.8) is 0 Å². The molecule has 5 rings (SSSR count). The molecule has 1 atom stereocenters. The largest absolute Gasteiger partial charge is 0.390 e. The van der Waals surface area contributed by atoms with Crippen molar-refractivity contribution in [3.8, 4) is 5.69 Å². The lowest BCUT2D eigenvalue weighted by Gasteiger charge is -2.05. The predicted octanol–water partition coefficient (Wildman–Crippen LogP) is 2.49. The van der Waals surface area contributed by atoms with E-state index in [4.69, 9.17) is 0 Å². The Kier molecular flexibility index (Phi) is 3.63. The zero-order chi connectivity index (χ0) is 20.1. The van der Waals surface area contributed by atoms with Crippen LogP contribution in [0.4, 0.5) is 5.82 Å². The van der Waals surface area contributed by atoms with Gasteiger partial charge in [0.2, 0.25) is 0 Å². The summed E-state index contributed by atoms with van der Waals surface area (Å²) in [5.74, 6) is 0.277. The van der Waals surface area contributed by atoms with Crippen LogP contribution in [0.25, 0.3) is 22.4 Å². The number of hydrogen-bond acceptors (Lipinski definition) is 7. The van der Waals surface area contributed by atoms with Gasteiger partial charge in [-0.3, -0.25) is 0 Å². The van der Waals surface area contributed by atoms with Gasteiger partial charge in [-0.1, -0.05) is 18.2 Å². The second kappa shape index (κ2) is 6.19. The summed E-state index contributed by atoms with van der Waals surface area (Å²) < 4.78 is 4.87. The minimum atomic E-state index is -0.515. The van der Waals surface area contributed by atoms with Crippen molar-refractivity contribution in [2.45, 2.75) is 19.9 Å². The Labute approximate surface area is 163 Å².